The molecule has 7 nitrogen and oxygen atoms in total. The van der Waals surface area contributed by atoms with Crippen LogP contribution in [0.2, 0.25) is 10.0 Å². The Morgan fingerprint density at radius 3 is 2.42 bits per heavy atom. The summed E-state index contributed by atoms with van der Waals surface area (Å²) >= 11 is 12.7. The summed E-state index contributed by atoms with van der Waals surface area (Å²) in [5.41, 5.74) is 0.752. The molecule has 10 heteroatoms. The van der Waals surface area contributed by atoms with Crippen LogP contribution in [-0.4, -0.2) is 79.9 Å². The number of amides is 1. The van der Waals surface area contributed by atoms with Gasteiger partial charge < -0.3 is 14.7 Å². The van der Waals surface area contributed by atoms with Crippen LogP contribution in [0.3, 0.4) is 0 Å². The number of ether oxygens (including phenoxy) is 1. The van der Waals surface area contributed by atoms with Crippen LogP contribution in [0.5, 0.6) is 0 Å². The van der Waals surface area contributed by atoms with E-state index < -0.39 is 21.5 Å². The average Bonchev–Trinajstić information content (AvgIpc) is 3.02. The van der Waals surface area contributed by atoms with Crippen molar-refractivity contribution in [2.24, 2.45) is 0 Å². The summed E-state index contributed by atoms with van der Waals surface area (Å²) in [5.74, 6) is -0.0821. The lowest BCUT2D eigenvalue weighted by Gasteiger charge is -2.43. The maximum Gasteiger partial charge on any atom is 0.253 e. The number of nitrogens with zero attached hydrogens (tertiary/aromatic N) is 2. The molecule has 2 fully saturated rings. The van der Waals surface area contributed by atoms with Crippen molar-refractivity contribution in [3.05, 3.63) is 100 Å². The van der Waals surface area contributed by atoms with Gasteiger partial charge >= 0.3 is 0 Å². The number of aliphatic hydroxyl groups is 1. The lowest BCUT2D eigenvalue weighted by Crippen LogP contribution is -2.50. The normalized spacial score (nSPS) is 23.3. The number of carbonyl (C=O) groups is 1. The number of likely N-dealkylation sites (tertiary alicyclic amines) is 2. The first-order valence-electron chi connectivity index (χ1n) is 14.8. The van der Waals surface area contributed by atoms with Gasteiger partial charge in [-0.25, -0.2) is 8.42 Å². The molecular formula is C33H38Cl2N2O5S. The molecule has 2 aliphatic rings. The molecule has 2 saturated heterocycles. The zero-order chi connectivity index (χ0) is 30.5. The number of carbonyl (C=O) groups excluding carboxylic acids is 1. The van der Waals surface area contributed by atoms with E-state index in [4.69, 9.17) is 27.9 Å². The smallest absolute Gasteiger partial charge is 0.253 e. The molecule has 2 heterocycles. The summed E-state index contributed by atoms with van der Waals surface area (Å²) < 4.78 is 33.0. The van der Waals surface area contributed by atoms with Crippen molar-refractivity contribution in [3.63, 3.8) is 0 Å². The molecule has 2 aliphatic heterocycles. The van der Waals surface area contributed by atoms with Gasteiger partial charge in [-0.2, -0.15) is 0 Å². The monoisotopic (exact) mass is 644 g/mol. The summed E-state index contributed by atoms with van der Waals surface area (Å²) in [4.78, 5) is 17.7. The Morgan fingerprint density at radius 2 is 1.70 bits per heavy atom. The summed E-state index contributed by atoms with van der Waals surface area (Å²) in [6, 6.07) is 23.0. The van der Waals surface area contributed by atoms with Gasteiger partial charge in [0.1, 0.15) is 5.60 Å². The molecular weight excluding hydrogens is 607 g/mol. The van der Waals surface area contributed by atoms with Crippen LogP contribution in [0.25, 0.3) is 0 Å². The molecule has 3 unspecified atom stereocenters. The molecule has 0 aliphatic carbocycles. The van der Waals surface area contributed by atoms with Crippen LogP contribution in [0.1, 0.15) is 48.0 Å². The van der Waals surface area contributed by atoms with Gasteiger partial charge in [0, 0.05) is 37.8 Å². The van der Waals surface area contributed by atoms with E-state index in [0.717, 1.165) is 18.4 Å². The lowest BCUT2D eigenvalue weighted by atomic mass is 9.85. The molecule has 0 saturated carbocycles. The molecule has 1 N–H and O–H groups in total. The second-order valence-electron chi connectivity index (χ2n) is 11.5. The average molecular weight is 646 g/mol. The maximum atomic E-state index is 13.4. The van der Waals surface area contributed by atoms with Crippen molar-refractivity contribution in [3.8, 4) is 0 Å². The second kappa shape index (κ2) is 14.1. The number of halogens is 2. The van der Waals surface area contributed by atoms with Gasteiger partial charge in [-0.1, -0.05) is 65.7 Å². The van der Waals surface area contributed by atoms with Crippen molar-refractivity contribution >= 4 is 38.9 Å². The van der Waals surface area contributed by atoms with Gasteiger partial charge in [0.05, 0.1) is 33.3 Å². The maximum absolute atomic E-state index is 13.4. The zero-order valence-corrected chi connectivity index (χ0v) is 26.4. The van der Waals surface area contributed by atoms with Crippen molar-refractivity contribution in [2.45, 2.75) is 54.7 Å². The van der Waals surface area contributed by atoms with Crippen molar-refractivity contribution in [1.82, 2.24) is 9.80 Å². The first-order valence-corrected chi connectivity index (χ1v) is 17.2. The fourth-order valence-corrected chi connectivity index (χ4v) is 8.15. The molecule has 43 heavy (non-hydrogen) atoms. The molecule has 0 bridgehead atoms. The minimum atomic E-state index is -3.50. The molecule has 5 rings (SSSR count). The zero-order valence-electron chi connectivity index (χ0n) is 24.1. The highest BCUT2D eigenvalue weighted by Crippen LogP contribution is 2.39. The van der Waals surface area contributed by atoms with Crippen molar-refractivity contribution in [1.29, 1.82) is 0 Å². The first-order chi connectivity index (χ1) is 20.7. The van der Waals surface area contributed by atoms with Crippen LogP contribution < -0.4 is 0 Å². The van der Waals surface area contributed by atoms with E-state index in [1.54, 1.807) is 36.4 Å². The Balaban J connectivity index is 1.28. The minimum Gasteiger partial charge on any atom is -0.393 e. The molecule has 3 atom stereocenters. The molecule has 0 aromatic heterocycles. The fourth-order valence-electron chi connectivity index (χ4n) is 6.23. The number of rotatable bonds is 10. The van der Waals surface area contributed by atoms with E-state index in [2.05, 4.69) is 4.90 Å². The molecule has 3 aromatic carbocycles. The third-order valence-corrected chi connectivity index (χ3v) is 11.1. The second-order valence-corrected chi connectivity index (χ2v) is 14.3. The Labute approximate surface area is 264 Å². The van der Waals surface area contributed by atoms with Gasteiger partial charge in [-0.3, -0.25) is 9.69 Å². The van der Waals surface area contributed by atoms with Gasteiger partial charge in [0.2, 0.25) is 0 Å². The van der Waals surface area contributed by atoms with E-state index in [1.165, 1.54) is 0 Å². The van der Waals surface area contributed by atoms with Gasteiger partial charge in [0.15, 0.2) is 9.84 Å². The van der Waals surface area contributed by atoms with E-state index in [1.807, 2.05) is 47.4 Å². The topological polar surface area (TPSA) is 87.2 Å². The highest BCUT2D eigenvalue weighted by atomic mass is 35.5. The number of benzene rings is 3. The fraction of sp³-hybridized carbons (Fsp3) is 0.424. The predicted molar refractivity (Wildman–Crippen MR) is 169 cm³/mol. The summed E-state index contributed by atoms with van der Waals surface area (Å²) in [5, 5.41) is 11.3. The molecule has 1 amide bonds. The SMILES string of the molecule is O=C(c1ccccc1)N1CCCC(OCCCN2CCC(O)CC2CS(=O)(=O)c2ccccc2)(c2ccc(Cl)c(Cl)c2)C1. The highest BCUT2D eigenvalue weighted by molar-refractivity contribution is 7.91. The summed E-state index contributed by atoms with van der Waals surface area (Å²) in [7, 11) is -3.50. The number of sulfone groups is 1. The van der Waals surface area contributed by atoms with Crippen LogP contribution in [0.4, 0.5) is 0 Å². The van der Waals surface area contributed by atoms with Gasteiger partial charge in [0.25, 0.3) is 5.91 Å². The molecule has 230 valence electrons. The first kappa shape index (κ1) is 31.9. The molecule has 0 radical (unpaired) electrons. The number of hydrogen-bond donors (Lipinski definition) is 1. The third kappa shape index (κ3) is 7.80. The van der Waals surface area contributed by atoms with Crippen LogP contribution in [0.15, 0.2) is 83.8 Å². The predicted octanol–water partition coefficient (Wildman–Crippen LogP) is 5.83. The lowest BCUT2D eigenvalue weighted by molar-refractivity contribution is -0.0922. The van der Waals surface area contributed by atoms with E-state index in [-0.39, 0.29) is 17.7 Å². The Hall–Kier alpha value is -2.46. The standard InChI is InChI=1S/C33H38Cl2N2O5S/c34-30-14-13-26(21-31(30)35)33(16-7-17-37(24-33)32(39)25-9-3-1-4-10-25)42-20-8-18-36-19-15-28(38)22-27(36)23-43(40,41)29-11-5-2-6-12-29/h1-6,9-14,21,27-28,38H,7-8,15-20,22-24H2. The van der Waals surface area contributed by atoms with E-state index in [0.29, 0.717) is 72.6 Å². The summed E-state index contributed by atoms with van der Waals surface area (Å²) in [6.45, 7) is 2.67. The minimum absolute atomic E-state index is 0.0392. The molecule has 0 spiro atoms. The summed E-state index contributed by atoms with van der Waals surface area (Å²) in [6.07, 6.45) is 2.65. The number of hydrogen-bond acceptors (Lipinski definition) is 6. The third-order valence-electron chi connectivity index (χ3n) is 8.50. The number of piperidine rings is 2. The largest absolute Gasteiger partial charge is 0.393 e. The van der Waals surface area contributed by atoms with E-state index in [9.17, 15) is 18.3 Å². The Morgan fingerprint density at radius 1 is 0.977 bits per heavy atom. The van der Waals surface area contributed by atoms with E-state index >= 15 is 0 Å². The molecule has 3 aromatic rings. The van der Waals surface area contributed by atoms with Gasteiger partial charge in [-0.15, -0.1) is 0 Å². The quantitative estimate of drug-likeness (QED) is 0.280. The van der Waals surface area contributed by atoms with Crippen LogP contribution >= 0.6 is 23.2 Å². The van der Waals surface area contributed by atoms with Crippen molar-refractivity contribution < 1.29 is 23.1 Å². The Kier molecular flexibility index (Phi) is 10.5. The highest BCUT2D eigenvalue weighted by Gasteiger charge is 2.40. The van der Waals surface area contributed by atoms with Gasteiger partial charge in [-0.05, 0) is 74.1 Å². The number of aliphatic hydroxyl groups excluding tert-OH is 1. The van der Waals surface area contributed by atoms with Crippen LogP contribution in [0, 0.1) is 0 Å². The Bertz CT molecular complexity index is 1490. The van der Waals surface area contributed by atoms with Crippen molar-refractivity contribution in [2.75, 3.05) is 38.5 Å². The van der Waals surface area contributed by atoms with Crippen LogP contribution in [-0.2, 0) is 20.2 Å².